The molecule has 0 aliphatic rings. The second-order valence-electron chi connectivity index (χ2n) is 6.67. The summed E-state index contributed by atoms with van der Waals surface area (Å²) in [6, 6.07) is 26.0. The highest BCUT2D eigenvalue weighted by Crippen LogP contribution is 2.28. The average molecular weight is 379 g/mol. The lowest BCUT2D eigenvalue weighted by molar-refractivity contribution is -0.117. The maximum absolute atomic E-state index is 12.6. The van der Waals surface area contributed by atoms with Gasteiger partial charge in [0.15, 0.2) is 0 Å². The van der Waals surface area contributed by atoms with E-state index in [9.17, 15) is 4.79 Å². The molecule has 1 amide bonds. The topological polar surface area (TPSA) is 32.3 Å². The lowest BCUT2D eigenvalue weighted by Crippen LogP contribution is -2.34. The van der Waals surface area contributed by atoms with Crippen molar-refractivity contribution in [3.05, 3.63) is 101 Å². The number of rotatable bonds is 6. The highest BCUT2D eigenvalue weighted by molar-refractivity contribution is 6.33. The Bertz CT molecular complexity index is 857. The zero-order chi connectivity index (χ0) is 19.2. The number of carbonyl (C=O) groups is 1. The van der Waals surface area contributed by atoms with Gasteiger partial charge in [-0.05, 0) is 42.8 Å². The molecule has 0 saturated carbocycles. The number of benzene rings is 3. The summed E-state index contributed by atoms with van der Waals surface area (Å²) in [6.45, 7) is 2.22. The van der Waals surface area contributed by atoms with Crippen LogP contribution in [-0.4, -0.2) is 24.4 Å². The number of anilines is 1. The minimum Gasteiger partial charge on any atom is -0.324 e. The number of hydrogen-bond acceptors (Lipinski definition) is 2. The second kappa shape index (κ2) is 8.85. The van der Waals surface area contributed by atoms with E-state index in [1.165, 1.54) is 0 Å². The predicted molar refractivity (Wildman–Crippen MR) is 112 cm³/mol. The van der Waals surface area contributed by atoms with E-state index in [2.05, 4.69) is 29.6 Å². The molecule has 3 rings (SSSR count). The van der Waals surface area contributed by atoms with Crippen LogP contribution in [0.2, 0.25) is 5.02 Å². The maximum Gasteiger partial charge on any atom is 0.238 e. The summed E-state index contributed by atoms with van der Waals surface area (Å²) in [5, 5.41) is 3.46. The lowest BCUT2D eigenvalue weighted by Gasteiger charge is -2.28. The van der Waals surface area contributed by atoms with E-state index >= 15 is 0 Å². The Labute approximate surface area is 165 Å². The first kappa shape index (κ1) is 19.2. The molecule has 3 nitrogen and oxygen atoms in total. The standard InChI is InChI=1S/C23H23ClN2O/c1-17-13-14-21(20(24)15-17)25-22(27)16-26(2)23(18-9-5-3-6-10-18)19-11-7-4-8-12-19/h3-15,23H,16H2,1-2H3,(H,25,27). The van der Waals surface area contributed by atoms with Crippen molar-refractivity contribution < 1.29 is 4.79 Å². The number of carbonyl (C=O) groups excluding carboxylic acids is 1. The van der Waals surface area contributed by atoms with Crippen LogP contribution in [0.5, 0.6) is 0 Å². The molecule has 27 heavy (non-hydrogen) atoms. The van der Waals surface area contributed by atoms with Gasteiger partial charge in [0.2, 0.25) is 5.91 Å². The molecule has 0 unspecified atom stereocenters. The first-order valence-corrected chi connectivity index (χ1v) is 9.28. The van der Waals surface area contributed by atoms with Gasteiger partial charge >= 0.3 is 0 Å². The Morgan fingerprint density at radius 3 is 2.04 bits per heavy atom. The van der Waals surface area contributed by atoms with E-state index in [1.807, 2.05) is 73.5 Å². The summed E-state index contributed by atoms with van der Waals surface area (Å²) in [7, 11) is 1.96. The zero-order valence-electron chi connectivity index (χ0n) is 15.5. The van der Waals surface area contributed by atoms with Crippen LogP contribution in [0.15, 0.2) is 78.9 Å². The van der Waals surface area contributed by atoms with Crippen molar-refractivity contribution in [1.29, 1.82) is 0 Å². The number of hydrogen-bond donors (Lipinski definition) is 1. The van der Waals surface area contributed by atoms with Crippen LogP contribution < -0.4 is 5.32 Å². The molecule has 0 radical (unpaired) electrons. The molecule has 0 spiro atoms. The largest absolute Gasteiger partial charge is 0.324 e. The SMILES string of the molecule is Cc1ccc(NC(=O)CN(C)C(c2ccccc2)c2ccccc2)c(Cl)c1. The Hall–Kier alpha value is -2.62. The van der Waals surface area contributed by atoms with Crippen molar-refractivity contribution in [2.75, 3.05) is 18.9 Å². The number of halogens is 1. The second-order valence-corrected chi connectivity index (χ2v) is 7.08. The molecule has 0 aliphatic heterocycles. The van der Waals surface area contributed by atoms with Gasteiger partial charge in [0.25, 0.3) is 0 Å². The van der Waals surface area contributed by atoms with Crippen LogP contribution in [0.1, 0.15) is 22.7 Å². The summed E-state index contributed by atoms with van der Waals surface area (Å²) in [4.78, 5) is 14.7. The van der Waals surface area contributed by atoms with Gasteiger partial charge in [0, 0.05) is 0 Å². The molecule has 0 heterocycles. The molecular weight excluding hydrogens is 356 g/mol. The number of aryl methyl sites for hydroxylation is 1. The van der Waals surface area contributed by atoms with Crippen LogP contribution in [0, 0.1) is 6.92 Å². The molecule has 0 saturated heterocycles. The highest BCUT2D eigenvalue weighted by Gasteiger charge is 2.21. The van der Waals surface area contributed by atoms with Gasteiger partial charge < -0.3 is 5.32 Å². The minimum absolute atomic E-state index is 0.00774. The van der Waals surface area contributed by atoms with E-state index in [-0.39, 0.29) is 18.5 Å². The third-order valence-electron chi connectivity index (χ3n) is 4.46. The van der Waals surface area contributed by atoms with Crippen molar-refractivity contribution in [1.82, 2.24) is 4.90 Å². The van der Waals surface area contributed by atoms with Crippen molar-refractivity contribution in [2.45, 2.75) is 13.0 Å². The van der Waals surface area contributed by atoms with E-state index < -0.39 is 0 Å². The number of nitrogens with zero attached hydrogens (tertiary/aromatic N) is 1. The molecule has 0 aliphatic carbocycles. The van der Waals surface area contributed by atoms with Gasteiger partial charge in [-0.15, -0.1) is 0 Å². The Balaban J connectivity index is 1.78. The molecule has 1 N–H and O–H groups in total. The smallest absolute Gasteiger partial charge is 0.238 e. The normalized spacial score (nSPS) is 11.0. The van der Waals surface area contributed by atoms with Crippen LogP contribution >= 0.6 is 11.6 Å². The molecule has 4 heteroatoms. The fourth-order valence-electron chi connectivity index (χ4n) is 3.20. The quantitative estimate of drug-likeness (QED) is 0.630. The first-order valence-electron chi connectivity index (χ1n) is 8.91. The molecule has 0 aromatic heterocycles. The Morgan fingerprint density at radius 2 is 1.52 bits per heavy atom. The summed E-state index contributed by atoms with van der Waals surface area (Å²) < 4.78 is 0. The van der Waals surface area contributed by atoms with Crippen molar-refractivity contribution in [2.24, 2.45) is 0 Å². The predicted octanol–water partition coefficient (Wildman–Crippen LogP) is 5.31. The van der Waals surface area contributed by atoms with Gasteiger partial charge in [-0.25, -0.2) is 0 Å². The molecular formula is C23H23ClN2O. The van der Waals surface area contributed by atoms with E-state index in [4.69, 9.17) is 11.6 Å². The number of amides is 1. The van der Waals surface area contributed by atoms with Crippen molar-refractivity contribution in [3.63, 3.8) is 0 Å². The highest BCUT2D eigenvalue weighted by atomic mass is 35.5. The van der Waals surface area contributed by atoms with Gasteiger partial charge in [-0.1, -0.05) is 78.3 Å². The van der Waals surface area contributed by atoms with Gasteiger partial charge in [-0.2, -0.15) is 0 Å². The minimum atomic E-state index is -0.0971. The zero-order valence-corrected chi connectivity index (χ0v) is 16.3. The van der Waals surface area contributed by atoms with Crippen LogP contribution in [0.4, 0.5) is 5.69 Å². The van der Waals surface area contributed by atoms with Gasteiger partial charge in [-0.3, -0.25) is 9.69 Å². The Kier molecular flexibility index (Phi) is 6.28. The third-order valence-corrected chi connectivity index (χ3v) is 4.78. The van der Waals surface area contributed by atoms with Gasteiger partial charge in [0.05, 0.1) is 23.3 Å². The monoisotopic (exact) mass is 378 g/mol. The fraction of sp³-hybridized carbons (Fsp3) is 0.174. The number of nitrogens with one attached hydrogen (secondary N) is 1. The van der Waals surface area contributed by atoms with Crippen molar-refractivity contribution in [3.8, 4) is 0 Å². The molecule has 3 aromatic rings. The maximum atomic E-state index is 12.6. The van der Waals surface area contributed by atoms with Crippen molar-refractivity contribution >= 4 is 23.2 Å². The number of likely N-dealkylation sites (N-methyl/N-ethyl adjacent to an activating group) is 1. The van der Waals surface area contributed by atoms with E-state index in [1.54, 1.807) is 0 Å². The summed E-state index contributed by atoms with van der Waals surface area (Å²) in [6.07, 6.45) is 0. The molecule has 3 aromatic carbocycles. The Morgan fingerprint density at radius 1 is 0.963 bits per heavy atom. The van der Waals surface area contributed by atoms with Gasteiger partial charge in [0.1, 0.15) is 0 Å². The van der Waals surface area contributed by atoms with Crippen LogP contribution in [-0.2, 0) is 4.79 Å². The first-order chi connectivity index (χ1) is 13.0. The fourth-order valence-corrected chi connectivity index (χ4v) is 3.48. The lowest BCUT2D eigenvalue weighted by atomic mass is 9.97. The van der Waals surface area contributed by atoms with Crippen LogP contribution in [0.3, 0.4) is 0 Å². The molecule has 0 atom stereocenters. The summed E-state index contributed by atoms with van der Waals surface area (Å²) >= 11 is 6.24. The summed E-state index contributed by atoms with van der Waals surface area (Å²) in [5.74, 6) is -0.0971. The van der Waals surface area contributed by atoms with Crippen LogP contribution in [0.25, 0.3) is 0 Å². The molecule has 0 fully saturated rings. The third kappa shape index (κ3) is 4.97. The summed E-state index contributed by atoms with van der Waals surface area (Å²) in [5.41, 5.74) is 3.99. The molecule has 0 bridgehead atoms. The van der Waals surface area contributed by atoms with E-state index in [0.29, 0.717) is 10.7 Å². The van der Waals surface area contributed by atoms with E-state index in [0.717, 1.165) is 16.7 Å². The molecule has 138 valence electrons. The average Bonchev–Trinajstić information content (AvgIpc) is 2.66.